The summed E-state index contributed by atoms with van der Waals surface area (Å²) < 4.78 is 0. The maximum absolute atomic E-state index is 8.83. The van der Waals surface area contributed by atoms with Gasteiger partial charge in [0.25, 0.3) is 0 Å². The molecule has 0 saturated heterocycles. The van der Waals surface area contributed by atoms with Crippen molar-refractivity contribution < 1.29 is 0 Å². The first-order valence-electron chi connectivity index (χ1n) is 8.71. The standard InChI is InChI=1S/C20H17N5S/c21-12-14(13-22)9-18-5-6-19(26-18)24-23-17-10-15-3-1-7-25-8-2-4-16(11-17)20(15)25/h5-6,9-11H,1-4,7-8H2. The summed E-state index contributed by atoms with van der Waals surface area (Å²) in [7, 11) is 0. The van der Waals surface area contributed by atoms with Crippen LogP contribution in [0.3, 0.4) is 0 Å². The van der Waals surface area contributed by atoms with Gasteiger partial charge in [0.05, 0.1) is 5.69 Å². The van der Waals surface area contributed by atoms with Crippen LogP contribution in [-0.4, -0.2) is 13.1 Å². The highest BCUT2D eigenvalue weighted by Crippen LogP contribution is 2.38. The van der Waals surface area contributed by atoms with Crippen molar-refractivity contribution in [1.29, 1.82) is 10.5 Å². The predicted molar refractivity (Wildman–Crippen MR) is 103 cm³/mol. The summed E-state index contributed by atoms with van der Waals surface area (Å²) in [4.78, 5) is 3.34. The number of nitrogens with zero attached hydrogens (tertiary/aromatic N) is 5. The molecule has 6 heteroatoms. The maximum atomic E-state index is 8.83. The predicted octanol–water partition coefficient (Wildman–Crippen LogP) is 5.29. The summed E-state index contributed by atoms with van der Waals surface area (Å²) in [5, 5.41) is 27.2. The van der Waals surface area contributed by atoms with E-state index in [1.807, 2.05) is 24.3 Å². The minimum atomic E-state index is 0.0914. The Balaban J connectivity index is 1.59. The van der Waals surface area contributed by atoms with E-state index < -0.39 is 0 Å². The van der Waals surface area contributed by atoms with Crippen molar-refractivity contribution in [2.24, 2.45) is 10.2 Å². The zero-order chi connectivity index (χ0) is 17.9. The third kappa shape index (κ3) is 3.24. The summed E-state index contributed by atoms with van der Waals surface area (Å²) in [6.07, 6.45) is 6.20. The Bertz CT molecular complexity index is 939. The van der Waals surface area contributed by atoms with Crippen molar-refractivity contribution in [3.8, 4) is 12.1 Å². The third-order valence-electron chi connectivity index (χ3n) is 4.72. The Labute approximate surface area is 156 Å². The normalized spacial score (nSPS) is 15.2. The number of anilines is 1. The lowest BCUT2D eigenvalue weighted by atomic mass is 9.91. The fourth-order valence-corrected chi connectivity index (χ4v) is 4.43. The number of benzene rings is 1. The molecule has 0 unspecified atom stereocenters. The van der Waals surface area contributed by atoms with Gasteiger partial charge in [0.1, 0.15) is 22.7 Å². The van der Waals surface area contributed by atoms with E-state index >= 15 is 0 Å². The van der Waals surface area contributed by atoms with Crippen LogP contribution < -0.4 is 4.90 Å². The number of hydrogen-bond acceptors (Lipinski definition) is 6. The van der Waals surface area contributed by atoms with Crippen molar-refractivity contribution in [2.45, 2.75) is 25.7 Å². The molecular weight excluding hydrogens is 342 g/mol. The number of azo groups is 1. The van der Waals surface area contributed by atoms with Gasteiger partial charge in [-0.15, -0.1) is 21.6 Å². The highest BCUT2D eigenvalue weighted by molar-refractivity contribution is 7.16. The van der Waals surface area contributed by atoms with Crippen molar-refractivity contribution in [3.05, 3.63) is 45.8 Å². The Morgan fingerprint density at radius 2 is 1.73 bits per heavy atom. The zero-order valence-corrected chi connectivity index (χ0v) is 15.1. The van der Waals surface area contributed by atoms with Crippen LogP contribution in [0.5, 0.6) is 0 Å². The Hall–Kier alpha value is -2.96. The van der Waals surface area contributed by atoms with Crippen LogP contribution in [0.2, 0.25) is 0 Å². The summed E-state index contributed by atoms with van der Waals surface area (Å²) in [5.74, 6) is 0. The largest absolute Gasteiger partial charge is 0.371 e. The van der Waals surface area contributed by atoms with Crippen LogP contribution in [0.1, 0.15) is 28.8 Å². The Morgan fingerprint density at radius 1 is 1.04 bits per heavy atom. The van der Waals surface area contributed by atoms with Gasteiger partial charge in [-0.2, -0.15) is 10.5 Å². The molecule has 0 spiro atoms. The van der Waals surface area contributed by atoms with Crippen LogP contribution in [0.15, 0.2) is 40.1 Å². The minimum Gasteiger partial charge on any atom is -0.371 e. The number of thiophene rings is 1. The molecule has 0 aliphatic carbocycles. The van der Waals surface area contributed by atoms with Gasteiger partial charge in [0.15, 0.2) is 0 Å². The molecule has 1 aromatic heterocycles. The first-order chi connectivity index (χ1) is 12.8. The van der Waals surface area contributed by atoms with E-state index in [0.717, 1.165) is 28.4 Å². The lowest BCUT2D eigenvalue weighted by Gasteiger charge is -2.36. The topological polar surface area (TPSA) is 75.5 Å². The average Bonchev–Trinajstić information content (AvgIpc) is 3.12. The molecule has 2 aromatic rings. The number of aryl methyl sites for hydroxylation is 2. The van der Waals surface area contributed by atoms with E-state index in [4.69, 9.17) is 10.5 Å². The van der Waals surface area contributed by atoms with E-state index in [2.05, 4.69) is 27.3 Å². The molecule has 0 bridgehead atoms. The minimum absolute atomic E-state index is 0.0914. The van der Waals surface area contributed by atoms with Gasteiger partial charge in [-0.3, -0.25) is 0 Å². The summed E-state index contributed by atoms with van der Waals surface area (Å²) >= 11 is 1.41. The molecule has 0 saturated carbocycles. The molecule has 26 heavy (non-hydrogen) atoms. The maximum Gasteiger partial charge on any atom is 0.139 e. The second kappa shape index (κ2) is 7.11. The average molecular weight is 359 g/mol. The fraction of sp³-hybridized carbons (Fsp3) is 0.300. The van der Waals surface area contributed by atoms with E-state index in [0.29, 0.717) is 0 Å². The van der Waals surface area contributed by atoms with Gasteiger partial charge in [-0.05, 0) is 67.2 Å². The van der Waals surface area contributed by atoms with Crippen molar-refractivity contribution in [1.82, 2.24) is 0 Å². The van der Waals surface area contributed by atoms with Crippen LogP contribution in [-0.2, 0) is 12.8 Å². The smallest absolute Gasteiger partial charge is 0.139 e. The van der Waals surface area contributed by atoms with Crippen LogP contribution in [0.25, 0.3) is 6.08 Å². The van der Waals surface area contributed by atoms with Crippen molar-refractivity contribution in [2.75, 3.05) is 18.0 Å². The molecule has 4 rings (SSSR count). The molecule has 5 nitrogen and oxygen atoms in total. The molecular formula is C20H17N5S. The van der Waals surface area contributed by atoms with E-state index in [-0.39, 0.29) is 5.57 Å². The SMILES string of the molecule is N#CC(C#N)=Cc1ccc(N=Nc2cc3c4c(c2)CCCN4CCC3)s1. The molecule has 128 valence electrons. The molecule has 2 aliphatic heterocycles. The van der Waals surface area contributed by atoms with Gasteiger partial charge in [0, 0.05) is 23.7 Å². The lowest BCUT2D eigenvalue weighted by molar-refractivity contribution is 0.634. The number of nitriles is 2. The van der Waals surface area contributed by atoms with Gasteiger partial charge < -0.3 is 4.90 Å². The molecule has 0 atom stereocenters. The quantitative estimate of drug-likeness (QED) is 0.552. The van der Waals surface area contributed by atoms with Gasteiger partial charge in [-0.25, -0.2) is 0 Å². The van der Waals surface area contributed by atoms with Crippen LogP contribution in [0.4, 0.5) is 16.4 Å². The molecule has 0 N–H and O–H groups in total. The first-order valence-corrected chi connectivity index (χ1v) is 9.53. The molecule has 0 amide bonds. The van der Waals surface area contributed by atoms with E-state index in [1.165, 1.54) is 54.1 Å². The number of hydrogen-bond donors (Lipinski definition) is 0. The van der Waals surface area contributed by atoms with Crippen molar-refractivity contribution >= 4 is 33.8 Å². The van der Waals surface area contributed by atoms with Crippen molar-refractivity contribution in [3.63, 3.8) is 0 Å². The molecule has 0 fully saturated rings. The fourth-order valence-electron chi connectivity index (χ4n) is 3.66. The summed E-state index contributed by atoms with van der Waals surface area (Å²) in [6.45, 7) is 2.33. The molecule has 1 aromatic carbocycles. The summed E-state index contributed by atoms with van der Waals surface area (Å²) in [5.41, 5.74) is 5.22. The van der Waals surface area contributed by atoms with Crippen LogP contribution >= 0.6 is 11.3 Å². The van der Waals surface area contributed by atoms with Gasteiger partial charge in [0.2, 0.25) is 0 Å². The molecule has 2 aliphatic rings. The zero-order valence-electron chi connectivity index (χ0n) is 14.3. The van der Waals surface area contributed by atoms with E-state index in [9.17, 15) is 0 Å². The lowest BCUT2D eigenvalue weighted by Crippen LogP contribution is -2.34. The third-order valence-corrected chi connectivity index (χ3v) is 5.64. The number of allylic oxidation sites excluding steroid dienone is 1. The van der Waals surface area contributed by atoms with Crippen LogP contribution in [0, 0.1) is 22.7 Å². The Morgan fingerprint density at radius 3 is 2.38 bits per heavy atom. The Kier molecular flexibility index (Phi) is 4.51. The highest BCUT2D eigenvalue weighted by Gasteiger charge is 2.24. The van der Waals surface area contributed by atoms with Gasteiger partial charge in [-0.1, -0.05) is 0 Å². The number of rotatable bonds is 3. The first kappa shape index (κ1) is 16.5. The molecule has 3 heterocycles. The molecule has 0 radical (unpaired) electrons. The monoisotopic (exact) mass is 359 g/mol. The summed E-state index contributed by atoms with van der Waals surface area (Å²) in [6, 6.07) is 11.8. The van der Waals surface area contributed by atoms with E-state index in [1.54, 1.807) is 6.08 Å². The van der Waals surface area contributed by atoms with Gasteiger partial charge >= 0.3 is 0 Å². The second-order valence-electron chi connectivity index (χ2n) is 6.46. The highest BCUT2D eigenvalue weighted by atomic mass is 32.1. The second-order valence-corrected chi connectivity index (χ2v) is 7.56.